The molecule has 1 fully saturated rings. The number of aryl methyl sites for hydroxylation is 1. The molecule has 0 amide bonds. The van der Waals surface area contributed by atoms with Crippen LogP contribution in [-0.2, 0) is 9.47 Å². The number of hydrogen-bond acceptors (Lipinski definition) is 4. The molecule has 1 aliphatic rings. The average molecular weight is 284 g/mol. The summed E-state index contributed by atoms with van der Waals surface area (Å²) >= 11 is 0. The van der Waals surface area contributed by atoms with Gasteiger partial charge in [0, 0.05) is 12.1 Å². The average Bonchev–Trinajstić information content (AvgIpc) is 2.48. The molecule has 2 aromatic carbocycles. The van der Waals surface area contributed by atoms with Gasteiger partial charge in [0.15, 0.2) is 0 Å². The smallest absolute Gasteiger partial charge is 0.214 e. The van der Waals surface area contributed by atoms with Crippen LogP contribution in [0.5, 0.6) is 0 Å². The van der Waals surface area contributed by atoms with E-state index in [9.17, 15) is 0 Å². The normalized spacial score (nSPS) is 25.7. The highest BCUT2D eigenvalue weighted by Crippen LogP contribution is 2.37. The molecule has 0 radical (unpaired) electrons. The lowest BCUT2D eigenvalue weighted by molar-refractivity contribution is -0.244. The van der Waals surface area contributed by atoms with Crippen molar-refractivity contribution in [3.05, 3.63) is 65.2 Å². The molecule has 21 heavy (non-hydrogen) atoms. The first kappa shape index (κ1) is 14.1. The minimum absolute atomic E-state index is 0.0584. The lowest BCUT2D eigenvalue weighted by atomic mass is 9.97. The van der Waals surface area contributed by atoms with E-state index in [4.69, 9.17) is 20.9 Å². The van der Waals surface area contributed by atoms with Gasteiger partial charge in [-0.25, -0.2) is 0 Å². The molecule has 4 heteroatoms. The predicted octanol–water partition coefficient (Wildman–Crippen LogP) is 3.04. The van der Waals surface area contributed by atoms with Crippen LogP contribution in [0, 0.1) is 6.92 Å². The largest absolute Gasteiger partial charge is 0.399 e. The third-order valence-corrected chi connectivity index (χ3v) is 3.78. The first-order chi connectivity index (χ1) is 10.1. The van der Waals surface area contributed by atoms with Crippen molar-refractivity contribution in [3.8, 4) is 0 Å². The van der Waals surface area contributed by atoms with E-state index in [1.807, 2.05) is 24.3 Å². The van der Waals surface area contributed by atoms with Crippen LogP contribution in [-0.4, -0.2) is 6.41 Å². The van der Waals surface area contributed by atoms with Crippen molar-refractivity contribution >= 4 is 5.69 Å². The number of rotatable bonds is 2. The molecular formula is C17H20N2O2. The SMILES string of the molecule is Cc1ccc(C2CC(c3ccc(N)cc3)OC(N)O2)cc1. The molecule has 3 atom stereocenters. The highest BCUT2D eigenvalue weighted by Gasteiger charge is 2.30. The Bertz CT molecular complexity index is 542. The van der Waals surface area contributed by atoms with E-state index in [1.54, 1.807) is 0 Å². The summed E-state index contributed by atoms with van der Waals surface area (Å²) in [6.45, 7) is 2.07. The number of anilines is 1. The van der Waals surface area contributed by atoms with Gasteiger partial charge in [0.25, 0.3) is 0 Å². The molecular weight excluding hydrogens is 264 g/mol. The van der Waals surface area contributed by atoms with Gasteiger partial charge in [-0.1, -0.05) is 42.0 Å². The fraction of sp³-hybridized carbons (Fsp3) is 0.294. The maximum Gasteiger partial charge on any atom is 0.214 e. The summed E-state index contributed by atoms with van der Waals surface area (Å²) in [5.41, 5.74) is 15.8. The molecule has 1 saturated heterocycles. The third kappa shape index (κ3) is 3.24. The lowest BCUT2D eigenvalue weighted by Crippen LogP contribution is -2.36. The second-order valence-corrected chi connectivity index (χ2v) is 5.43. The van der Waals surface area contributed by atoms with Crippen molar-refractivity contribution in [2.24, 2.45) is 5.73 Å². The van der Waals surface area contributed by atoms with Crippen molar-refractivity contribution in [2.75, 3.05) is 5.73 Å². The molecule has 2 aromatic rings. The van der Waals surface area contributed by atoms with E-state index in [-0.39, 0.29) is 12.2 Å². The van der Waals surface area contributed by atoms with E-state index in [2.05, 4.69) is 31.2 Å². The molecule has 1 aliphatic heterocycles. The molecule has 0 aromatic heterocycles. The maximum atomic E-state index is 5.88. The van der Waals surface area contributed by atoms with E-state index in [0.717, 1.165) is 23.2 Å². The summed E-state index contributed by atoms with van der Waals surface area (Å²) in [7, 11) is 0. The monoisotopic (exact) mass is 284 g/mol. The van der Waals surface area contributed by atoms with Crippen molar-refractivity contribution in [1.82, 2.24) is 0 Å². The topological polar surface area (TPSA) is 70.5 Å². The fourth-order valence-electron chi connectivity index (χ4n) is 2.58. The van der Waals surface area contributed by atoms with Crippen LogP contribution in [0.1, 0.15) is 35.3 Å². The van der Waals surface area contributed by atoms with Crippen LogP contribution in [0.4, 0.5) is 5.69 Å². The Morgan fingerprint density at radius 1 is 0.857 bits per heavy atom. The van der Waals surface area contributed by atoms with Crippen LogP contribution in [0.25, 0.3) is 0 Å². The van der Waals surface area contributed by atoms with E-state index in [0.29, 0.717) is 0 Å². The third-order valence-electron chi connectivity index (χ3n) is 3.78. The molecule has 0 spiro atoms. The number of benzene rings is 2. The minimum atomic E-state index is -0.715. The van der Waals surface area contributed by atoms with E-state index >= 15 is 0 Å². The first-order valence-electron chi connectivity index (χ1n) is 7.10. The fourth-order valence-corrected chi connectivity index (χ4v) is 2.58. The standard InChI is InChI=1S/C17H20N2O2/c1-11-2-4-12(5-3-11)15-10-16(21-17(19)20-15)13-6-8-14(18)9-7-13/h2-9,15-17H,10,18-19H2,1H3. The highest BCUT2D eigenvalue weighted by molar-refractivity contribution is 5.40. The zero-order chi connectivity index (χ0) is 14.8. The predicted molar refractivity (Wildman–Crippen MR) is 82.3 cm³/mol. The molecule has 3 unspecified atom stereocenters. The summed E-state index contributed by atoms with van der Waals surface area (Å²) < 4.78 is 11.4. The number of hydrogen-bond donors (Lipinski definition) is 2. The summed E-state index contributed by atoms with van der Waals surface area (Å²) in [6, 6.07) is 16.0. The zero-order valence-corrected chi connectivity index (χ0v) is 12.0. The minimum Gasteiger partial charge on any atom is -0.399 e. The Kier molecular flexibility index (Phi) is 3.92. The second kappa shape index (κ2) is 5.85. The van der Waals surface area contributed by atoms with Gasteiger partial charge in [-0.05, 0) is 30.2 Å². The molecule has 0 saturated carbocycles. The highest BCUT2D eigenvalue weighted by atomic mass is 16.7. The number of ether oxygens (including phenoxy) is 2. The summed E-state index contributed by atoms with van der Waals surface area (Å²) in [4.78, 5) is 0. The lowest BCUT2D eigenvalue weighted by Gasteiger charge is -2.34. The Labute approximate surface area is 124 Å². The van der Waals surface area contributed by atoms with Crippen LogP contribution < -0.4 is 11.5 Å². The molecule has 4 N–H and O–H groups in total. The van der Waals surface area contributed by atoms with E-state index in [1.165, 1.54) is 5.56 Å². The van der Waals surface area contributed by atoms with Gasteiger partial charge in [0.2, 0.25) is 6.41 Å². The zero-order valence-electron chi connectivity index (χ0n) is 12.0. The summed E-state index contributed by atoms with van der Waals surface area (Å²) in [6.07, 6.45) is -0.120. The van der Waals surface area contributed by atoms with Gasteiger partial charge in [0.05, 0.1) is 12.2 Å². The Hall–Kier alpha value is -1.88. The molecule has 4 nitrogen and oxygen atoms in total. The maximum absolute atomic E-state index is 5.88. The summed E-state index contributed by atoms with van der Waals surface area (Å²) in [5.74, 6) is 0. The van der Waals surface area contributed by atoms with Crippen LogP contribution >= 0.6 is 0 Å². The first-order valence-corrected chi connectivity index (χ1v) is 7.10. The Balaban J connectivity index is 1.81. The van der Waals surface area contributed by atoms with Crippen LogP contribution in [0.2, 0.25) is 0 Å². The Morgan fingerprint density at radius 3 is 1.86 bits per heavy atom. The summed E-state index contributed by atoms with van der Waals surface area (Å²) in [5, 5.41) is 0. The second-order valence-electron chi connectivity index (χ2n) is 5.43. The molecule has 3 rings (SSSR count). The van der Waals surface area contributed by atoms with Gasteiger partial charge < -0.3 is 15.2 Å². The molecule has 0 bridgehead atoms. The van der Waals surface area contributed by atoms with Gasteiger partial charge in [0.1, 0.15) is 0 Å². The van der Waals surface area contributed by atoms with Gasteiger partial charge in [-0.15, -0.1) is 0 Å². The molecule has 0 aliphatic carbocycles. The van der Waals surface area contributed by atoms with Crippen LogP contribution in [0.15, 0.2) is 48.5 Å². The van der Waals surface area contributed by atoms with Crippen molar-refractivity contribution < 1.29 is 9.47 Å². The quantitative estimate of drug-likeness (QED) is 0.832. The molecule has 1 heterocycles. The number of nitrogen functional groups attached to an aromatic ring is 1. The molecule has 110 valence electrons. The van der Waals surface area contributed by atoms with Gasteiger partial charge in [-0.2, -0.15) is 0 Å². The van der Waals surface area contributed by atoms with Crippen LogP contribution in [0.3, 0.4) is 0 Å². The van der Waals surface area contributed by atoms with Gasteiger partial charge >= 0.3 is 0 Å². The van der Waals surface area contributed by atoms with Gasteiger partial charge in [-0.3, -0.25) is 5.73 Å². The van der Waals surface area contributed by atoms with E-state index < -0.39 is 6.41 Å². The van der Waals surface area contributed by atoms with Crippen molar-refractivity contribution in [1.29, 1.82) is 0 Å². The Morgan fingerprint density at radius 2 is 1.33 bits per heavy atom. The number of nitrogens with two attached hydrogens (primary N) is 2. The van der Waals surface area contributed by atoms with Crippen molar-refractivity contribution in [3.63, 3.8) is 0 Å². The van der Waals surface area contributed by atoms with Crippen molar-refractivity contribution in [2.45, 2.75) is 32.0 Å².